The van der Waals surface area contributed by atoms with Crippen molar-refractivity contribution in [2.24, 2.45) is 0 Å². The third-order valence-electron chi connectivity index (χ3n) is 7.55. The molecule has 10 nitrogen and oxygen atoms in total. The molecule has 6 rings (SSSR count). The molecule has 0 radical (unpaired) electrons. The summed E-state index contributed by atoms with van der Waals surface area (Å²) < 4.78 is 33.4. The highest BCUT2D eigenvalue weighted by Gasteiger charge is 2.48. The van der Waals surface area contributed by atoms with Crippen LogP contribution in [0.25, 0.3) is 33.3 Å². The lowest BCUT2D eigenvalue weighted by Gasteiger charge is -2.51. The lowest BCUT2D eigenvalue weighted by molar-refractivity contribution is -0.136. The van der Waals surface area contributed by atoms with Gasteiger partial charge in [0.05, 0.1) is 24.6 Å². The van der Waals surface area contributed by atoms with Crippen molar-refractivity contribution >= 4 is 34.1 Å². The third-order valence-corrected chi connectivity index (χ3v) is 7.55. The number of likely N-dealkylation sites (tertiary alicyclic amines) is 1. The zero-order valence-corrected chi connectivity index (χ0v) is 20.9. The van der Waals surface area contributed by atoms with Gasteiger partial charge < -0.3 is 24.5 Å². The molecule has 4 aromatic heterocycles. The summed E-state index contributed by atoms with van der Waals surface area (Å²) in [7, 11) is 1.55. The van der Waals surface area contributed by atoms with Gasteiger partial charge in [-0.15, -0.1) is 0 Å². The van der Waals surface area contributed by atoms with Gasteiger partial charge in [-0.2, -0.15) is 9.97 Å². The maximum Gasteiger partial charge on any atom is 0.256 e. The van der Waals surface area contributed by atoms with Crippen LogP contribution >= 0.6 is 0 Å². The number of nitrogens with one attached hydrogen (secondary N) is 2. The highest BCUT2D eigenvalue weighted by molar-refractivity contribution is 5.98. The number of aryl methyl sites for hydroxylation is 1. The Morgan fingerprint density at radius 1 is 1.30 bits per heavy atom. The first-order chi connectivity index (χ1) is 17.8. The van der Waals surface area contributed by atoms with Gasteiger partial charge in [-0.3, -0.25) is 4.79 Å². The van der Waals surface area contributed by atoms with Crippen LogP contribution in [0, 0.1) is 6.92 Å². The van der Waals surface area contributed by atoms with Crippen LogP contribution in [-0.4, -0.2) is 72.0 Å². The van der Waals surface area contributed by atoms with Crippen molar-refractivity contribution in [3.05, 3.63) is 24.3 Å². The number of H-pyrrole nitrogens is 1. The quantitative estimate of drug-likeness (QED) is 0.388. The van der Waals surface area contributed by atoms with E-state index < -0.39 is 13.0 Å². The summed E-state index contributed by atoms with van der Waals surface area (Å²) in [6, 6.07) is 1.95. The molecule has 0 atom stereocenters. The van der Waals surface area contributed by atoms with Gasteiger partial charge in [-0.1, -0.05) is 0 Å². The number of fused-ring (bicyclic) bond motifs is 2. The van der Waals surface area contributed by atoms with E-state index in [-0.39, 0.29) is 17.5 Å². The molecule has 2 aliphatic rings. The number of anilines is 1. The molecule has 5 heterocycles. The predicted octanol–water partition coefficient (Wildman–Crippen LogP) is 3.91. The van der Waals surface area contributed by atoms with Crippen molar-refractivity contribution in [3.8, 4) is 17.0 Å². The fourth-order valence-corrected chi connectivity index (χ4v) is 5.80. The molecule has 4 aromatic rings. The number of amides is 1. The number of carbonyl (C=O) groups excluding carboxylic acids is 1. The molecule has 194 valence electrons. The molecule has 1 aliphatic carbocycles. The van der Waals surface area contributed by atoms with E-state index in [1.165, 1.54) is 4.57 Å². The number of pyridine rings is 1. The number of rotatable bonds is 7. The smallest absolute Gasteiger partial charge is 0.256 e. The molecule has 2 N–H and O–H groups in total. The number of alkyl halides is 2. The number of carbonyl (C=O) groups is 1. The molecule has 0 spiro atoms. The Morgan fingerprint density at radius 2 is 2.11 bits per heavy atom. The molecule has 1 amide bonds. The van der Waals surface area contributed by atoms with Crippen LogP contribution in [0.1, 0.15) is 38.4 Å². The molecule has 1 saturated heterocycles. The normalized spacial score (nSPS) is 21.8. The largest absolute Gasteiger partial charge is 0.480 e. The first-order valence-electron chi connectivity index (χ1n) is 12.4. The Labute approximate surface area is 211 Å². The number of halogens is 2. The number of imidazole rings is 1. The fourth-order valence-electron chi connectivity index (χ4n) is 5.80. The Kier molecular flexibility index (Phi) is 5.50. The first-order valence-corrected chi connectivity index (χ1v) is 12.4. The molecule has 12 heteroatoms. The second-order valence-electron chi connectivity index (χ2n) is 10.1. The number of aromatic nitrogens is 6. The van der Waals surface area contributed by atoms with Crippen molar-refractivity contribution in [1.29, 1.82) is 0 Å². The maximum atomic E-state index is 13.2. The van der Waals surface area contributed by atoms with Crippen LogP contribution in [0.3, 0.4) is 0 Å². The lowest BCUT2D eigenvalue weighted by atomic mass is 9.73. The third kappa shape index (κ3) is 3.94. The van der Waals surface area contributed by atoms with E-state index in [0.717, 1.165) is 31.4 Å². The summed E-state index contributed by atoms with van der Waals surface area (Å²) in [5.74, 6) is 1.55. The number of nitrogens with zero attached hydrogens (tertiary/aromatic N) is 6. The van der Waals surface area contributed by atoms with Gasteiger partial charge in [-0.05, 0) is 39.2 Å². The van der Waals surface area contributed by atoms with E-state index in [9.17, 15) is 13.6 Å². The summed E-state index contributed by atoms with van der Waals surface area (Å²) in [5, 5.41) is 4.06. The monoisotopic (exact) mass is 510 g/mol. The van der Waals surface area contributed by atoms with Gasteiger partial charge in [0.1, 0.15) is 11.5 Å². The van der Waals surface area contributed by atoms with Crippen LogP contribution in [0.5, 0.6) is 5.88 Å². The second kappa shape index (κ2) is 8.63. The number of aromatic amines is 1. The van der Waals surface area contributed by atoms with Gasteiger partial charge in [0.15, 0.2) is 5.65 Å². The van der Waals surface area contributed by atoms with Gasteiger partial charge in [0.2, 0.25) is 17.7 Å². The molecule has 2 fully saturated rings. The van der Waals surface area contributed by atoms with Crippen LogP contribution < -0.4 is 10.1 Å². The van der Waals surface area contributed by atoms with Crippen molar-refractivity contribution in [3.63, 3.8) is 0 Å². The fraction of sp³-hybridized carbons (Fsp3) is 0.480. The summed E-state index contributed by atoms with van der Waals surface area (Å²) in [6.07, 6.45) is 4.16. The highest BCUT2D eigenvalue weighted by Crippen LogP contribution is 2.42. The minimum atomic E-state index is -2.50. The molecule has 0 bridgehead atoms. The Hall–Kier alpha value is -3.83. The Bertz CT molecular complexity index is 1510. The Morgan fingerprint density at radius 3 is 2.81 bits per heavy atom. The zero-order valence-electron chi connectivity index (χ0n) is 20.9. The van der Waals surface area contributed by atoms with E-state index in [1.807, 2.05) is 4.90 Å². The zero-order chi connectivity index (χ0) is 25.9. The highest BCUT2D eigenvalue weighted by atomic mass is 19.3. The van der Waals surface area contributed by atoms with Crippen molar-refractivity contribution in [1.82, 2.24) is 34.4 Å². The average Bonchev–Trinajstić information content (AvgIpc) is 3.54. The van der Waals surface area contributed by atoms with E-state index in [0.29, 0.717) is 51.8 Å². The maximum absolute atomic E-state index is 13.2. The van der Waals surface area contributed by atoms with Gasteiger partial charge in [0, 0.05) is 48.1 Å². The van der Waals surface area contributed by atoms with E-state index in [2.05, 4.69) is 37.2 Å². The number of hydrogen-bond donors (Lipinski definition) is 2. The van der Waals surface area contributed by atoms with Crippen molar-refractivity contribution in [2.75, 3.05) is 19.0 Å². The van der Waals surface area contributed by atoms with Crippen LogP contribution in [0.15, 0.2) is 18.5 Å². The van der Waals surface area contributed by atoms with Gasteiger partial charge in [-0.25, -0.2) is 18.7 Å². The molecule has 1 saturated carbocycles. The second-order valence-corrected chi connectivity index (χ2v) is 10.1. The molecular weight excluding hydrogens is 482 g/mol. The van der Waals surface area contributed by atoms with E-state index in [1.54, 1.807) is 32.5 Å². The molecule has 0 aromatic carbocycles. The van der Waals surface area contributed by atoms with E-state index >= 15 is 0 Å². The topological polar surface area (TPSA) is 114 Å². The Balaban J connectivity index is 1.29. The summed E-state index contributed by atoms with van der Waals surface area (Å²) in [4.78, 5) is 35.3. The van der Waals surface area contributed by atoms with Crippen LogP contribution in [0.4, 0.5) is 14.7 Å². The molecular formula is C25H28F2N8O2. The first kappa shape index (κ1) is 23.6. The number of hydrogen-bond acceptors (Lipinski definition) is 7. The van der Waals surface area contributed by atoms with Crippen LogP contribution in [0.2, 0.25) is 0 Å². The predicted molar refractivity (Wildman–Crippen MR) is 134 cm³/mol. The lowest BCUT2D eigenvalue weighted by Crippen LogP contribution is -2.59. The van der Waals surface area contributed by atoms with Crippen LogP contribution in [-0.2, 0) is 11.3 Å². The average molecular weight is 511 g/mol. The number of ether oxygens (including phenoxy) is 1. The minimum Gasteiger partial charge on any atom is -0.480 e. The summed E-state index contributed by atoms with van der Waals surface area (Å²) in [5.41, 5.74) is 2.87. The standard InChI is InChI=1S/C25H28F2N8O2/c1-13-30-21-17(34(13)12-18(26)27)7-14(10-28-21)16-11-29-22-20(16)23(37-3)33-24(32-22)31-15-8-25(2,9-15)35-6-4-5-19(35)36/h7,10-11,15,18H,4-6,8-9,12H2,1-3H3,(H2,29,31,32,33)/t15-,25-. The number of methoxy groups -OCH3 is 1. The van der Waals surface area contributed by atoms with Gasteiger partial charge in [0.25, 0.3) is 6.43 Å². The van der Waals surface area contributed by atoms with Crippen molar-refractivity contribution in [2.45, 2.75) is 64.1 Å². The molecule has 1 aliphatic heterocycles. The van der Waals surface area contributed by atoms with Crippen molar-refractivity contribution < 1.29 is 18.3 Å². The summed E-state index contributed by atoms with van der Waals surface area (Å²) >= 11 is 0. The SMILES string of the molecule is COc1nc(N[C@H]2C[C@](C)(N3CCCC3=O)C2)nc2[nH]cc(-c3cnc4nc(C)n(CC(F)F)c4c3)c12. The summed E-state index contributed by atoms with van der Waals surface area (Å²) in [6.45, 7) is 4.20. The van der Waals surface area contributed by atoms with Gasteiger partial charge >= 0.3 is 0 Å². The molecule has 0 unspecified atom stereocenters. The molecule has 37 heavy (non-hydrogen) atoms. The van der Waals surface area contributed by atoms with E-state index in [4.69, 9.17) is 4.74 Å². The minimum absolute atomic E-state index is 0.125.